The highest BCUT2D eigenvalue weighted by atomic mass is 32.1. The topological polar surface area (TPSA) is 43.6 Å². The Morgan fingerprint density at radius 3 is 2.74 bits per heavy atom. The van der Waals surface area contributed by atoms with Crippen molar-refractivity contribution in [1.82, 2.24) is 4.57 Å². The van der Waals surface area contributed by atoms with Crippen molar-refractivity contribution in [1.29, 1.82) is 0 Å². The Morgan fingerprint density at radius 2 is 2.00 bits per heavy atom. The zero-order valence-electron chi connectivity index (χ0n) is 15.0. The highest BCUT2D eigenvalue weighted by molar-refractivity contribution is 7.16. The van der Waals surface area contributed by atoms with Crippen LogP contribution in [-0.2, 0) is 22.5 Å². The second-order valence-electron chi connectivity index (χ2n) is 5.96. The van der Waals surface area contributed by atoms with E-state index in [9.17, 15) is 13.6 Å². The quantitative estimate of drug-likeness (QED) is 0.571. The molecule has 0 saturated carbocycles. The maximum absolute atomic E-state index is 14.3. The lowest BCUT2D eigenvalue weighted by molar-refractivity contribution is -0.118. The van der Waals surface area contributed by atoms with Crippen molar-refractivity contribution in [2.24, 2.45) is 4.99 Å². The van der Waals surface area contributed by atoms with Crippen molar-refractivity contribution < 1.29 is 18.3 Å². The molecule has 3 rings (SSSR count). The van der Waals surface area contributed by atoms with Gasteiger partial charge < -0.3 is 9.30 Å². The summed E-state index contributed by atoms with van der Waals surface area (Å²) in [6.45, 7) is 3.08. The van der Waals surface area contributed by atoms with E-state index in [0.29, 0.717) is 35.7 Å². The average Bonchev–Trinajstić information content (AvgIpc) is 2.98. The Labute approximate surface area is 159 Å². The summed E-state index contributed by atoms with van der Waals surface area (Å²) in [6.07, 6.45) is 0.830. The maximum atomic E-state index is 14.3. The molecule has 0 aliphatic rings. The van der Waals surface area contributed by atoms with E-state index in [1.54, 1.807) is 4.57 Å². The van der Waals surface area contributed by atoms with Gasteiger partial charge in [-0.1, -0.05) is 41.7 Å². The Kier molecular flexibility index (Phi) is 6.47. The van der Waals surface area contributed by atoms with Gasteiger partial charge in [0.2, 0.25) is 5.91 Å². The molecule has 1 heterocycles. The molecule has 1 amide bonds. The number of hydrogen-bond donors (Lipinski definition) is 0. The Bertz CT molecular complexity index is 996. The van der Waals surface area contributed by atoms with Gasteiger partial charge in [-0.05, 0) is 25.0 Å². The normalized spacial score (nSPS) is 12.0. The van der Waals surface area contributed by atoms with Gasteiger partial charge in [-0.25, -0.2) is 8.78 Å². The van der Waals surface area contributed by atoms with Crippen LogP contribution in [0.3, 0.4) is 0 Å². The molecule has 0 atom stereocenters. The van der Waals surface area contributed by atoms with Gasteiger partial charge in [0.25, 0.3) is 0 Å². The van der Waals surface area contributed by atoms with Gasteiger partial charge in [-0.3, -0.25) is 4.79 Å². The van der Waals surface area contributed by atoms with Crippen LogP contribution < -0.4 is 4.80 Å². The number of nitrogens with zero attached hydrogens (tertiary/aromatic N) is 2. The van der Waals surface area contributed by atoms with E-state index in [-0.39, 0.29) is 17.8 Å². The summed E-state index contributed by atoms with van der Waals surface area (Å²) in [5, 5.41) is 0. The second-order valence-corrected chi connectivity index (χ2v) is 6.97. The third kappa shape index (κ3) is 4.87. The summed E-state index contributed by atoms with van der Waals surface area (Å²) in [7, 11) is 0. The van der Waals surface area contributed by atoms with E-state index in [2.05, 4.69) is 4.99 Å². The fourth-order valence-corrected chi connectivity index (χ4v) is 3.89. The van der Waals surface area contributed by atoms with Crippen molar-refractivity contribution in [3.63, 3.8) is 0 Å². The molecule has 27 heavy (non-hydrogen) atoms. The van der Waals surface area contributed by atoms with Crippen molar-refractivity contribution in [3.8, 4) is 0 Å². The molecule has 0 N–H and O–H groups in total. The smallest absolute Gasteiger partial charge is 0.248 e. The lowest BCUT2D eigenvalue weighted by atomic mass is 10.1. The summed E-state index contributed by atoms with van der Waals surface area (Å²) < 4.78 is 35.2. The number of rotatable bonds is 7. The highest BCUT2D eigenvalue weighted by Gasteiger charge is 2.14. The fourth-order valence-electron chi connectivity index (χ4n) is 2.78. The molecule has 0 fully saturated rings. The first-order chi connectivity index (χ1) is 13.1. The number of carbonyl (C=O) groups is 1. The molecule has 0 aliphatic carbocycles. The van der Waals surface area contributed by atoms with Crippen LogP contribution in [0.25, 0.3) is 10.2 Å². The van der Waals surface area contributed by atoms with Crippen LogP contribution in [0.5, 0.6) is 0 Å². The van der Waals surface area contributed by atoms with Crippen molar-refractivity contribution in [2.75, 3.05) is 13.2 Å². The molecular weight excluding hydrogens is 370 g/mol. The molecular formula is C20H20F2N2O2S. The zero-order chi connectivity index (χ0) is 19.2. The molecule has 2 aromatic carbocycles. The minimum absolute atomic E-state index is 0.246. The Morgan fingerprint density at radius 1 is 1.22 bits per heavy atom. The minimum Gasteiger partial charge on any atom is -0.380 e. The second kappa shape index (κ2) is 9.01. The summed E-state index contributed by atoms with van der Waals surface area (Å²) >= 11 is 1.10. The number of ether oxygens (including phenoxy) is 1. The van der Waals surface area contributed by atoms with Crippen molar-refractivity contribution in [3.05, 3.63) is 64.5 Å². The van der Waals surface area contributed by atoms with E-state index in [1.807, 2.05) is 37.3 Å². The van der Waals surface area contributed by atoms with E-state index < -0.39 is 11.6 Å². The summed E-state index contributed by atoms with van der Waals surface area (Å²) in [5.74, 6) is -1.62. The van der Waals surface area contributed by atoms with Crippen LogP contribution in [0, 0.1) is 11.6 Å². The van der Waals surface area contributed by atoms with Gasteiger partial charge in [0.1, 0.15) is 5.82 Å². The molecule has 0 unspecified atom stereocenters. The molecule has 3 aromatic rings. The Hall–Kier alpha value is -2.38. The van der Waals surface area contributed by atoms with Gasteiger partial charge in [0.15, 0.2) is 10.6 Å². The number of amides is 1. The number of fused-ring (bicyclic) bond motifs is 1. The van der Waals surface area contributed by atoms with Crippen molar-refractivity contribution >= 4 is 27.5 Å². The fraction of sp³-hybridized carbons (Fsp3) is 0.300. The molecule has 4 nitrogen and oxygen atoms in total. The van der Waals surface area contributed by atoms with Crippen LogP contribution in [0.4, 0.5) is 8.78 Å². The summed E-state index contributed by atoms with van der Waals surface area (Å²) in [4.78, 5) is 16.8. The van der Waals surface area contributed by atoms with Gasteiger partial charge in [-0.2, -0.15) is 4.99 Å². The van der Waals surface area contributed by atoms with E-state index in [1.165, 1.54) is 6.07 Å². The van der Waals surface area contributed by atoms with Crippen LogP contribution >= 0.6 is 11.3 Å². The third-order valence-corrected chi connectivity index (χ3v) is 5.07. The first-order valence-corrected chi connectivity index (χ1v) is 9.57. The van der Waals surface area contributed by atoms with E-state index in [4.69, 9.17) is 4.74 Å². The molecule has 0 bridgehead atoms. The molecule has 0 saturated heterocycles. The van der Waals surface area contributed by atoms with E-state index in [0.717, 1.165) is 23.0 Å². The first-order valence-electron chi connectivity index (χ1n) is 8.76. The lowest BCUT2D eigenvalue weighted by Gasteiger charge is -2.06. The number of carbonyl (C=O) groups excluding carboxylic acids is 1. The first kappa shape index (κ1) is 19.4. The number of halogens is 2. The minimum atomic E-state index is -0.670. The Balaban J connectivity index is 1.91. The number of aromatic nitrogens is 1. The lowest BCUT2D eigenvalue weighted by Crippen LogP contribution is -2.20. The standard InChI is InChI=1S/C20H20F2N2O2S/c1-2-26-11-10-24-19-16(22)12-15(21)13-17(19)27-20(24)23-18(25)9-8-14-6-4-3-5-7-14/h3-7,12-13H,2,8-11H2,1H3. The van der Waals surface area contributed by atoms with Crippen LogP contribution in [-0.4, -0.2) is 23.7 Å². The van der Waals surface area contributed by atoms with Gasteiger partial charge in [-0.15, -0.1) is 0 Å². The maximum Gasteiger partial charge on any atom is 0.248 e. The molecule has 0 aliphatic heterocycles. The van der Waals surface area contributed by atoms with Gasteiger partial charge >= 0.3 is 0 Å². The monoisotopic (exact) mass is 390 g/mol. The predicted molar refractivity (Wildman–Crippen MR) is 102 cm³/mol. The third-order valence-electron chi connectivity index (χ3n) is 4.05. The number of hydrogen-bond acceptors (Lipinski definition) is 3. The average molecular weight is 390 g/mol. The predicted octanol–water partition coefficient (Wildman–Crippen LogP) is 4.08. The van der Waals surface area contributed by atoms with Gasteiger partial charge in [0.05, 0.1) is 16.8 Å². The number of benzene rings is 2. The molecule has 7 heteroatoms. The molecule has 1 aromatic heterocycles. The summed E-state index contributed by atoms with van der Waals surface area (Å²) in [6, 6.07) is 11.8. The SMILES string of the molecule is CCOCCn1c(=NC(=O)CCc2ccccc2)sc2cc(F)cc(F)c21. The summed E-state index contributed by atoms with van der Waals surface area (Å²) in [5.41, 5.74) is 1.30. The van der Waals surface area contributed by atoms with Crippen LogP contribution in [0.2, 0.25) is 0 Å². The molecule has 142 valence electrons. The highest BCUT2D eigenvalue weighted by Crippen LogP contribution is 2.22. The van der Waals surface area contributed by atoms with Crippen LogP contribution in [0.1, 0.15) is 18.9 Å². The largest absolute Gasteiger partial charge is 0.380 e. The van der Waals surface area contributed by atoms with Crippen LogP contribution in [0.15, 0.2) is 47.5 Å². The zero-order valence-corrected chi connectivity index (χ0v) is 15.8. The molecule has 0 radical (unpaired) electrons. The van der Waals surface area contributed by atoms with E-state index >= 15 is 0 Å². The number of thiazole rings is 1. The molecule has 0 spiro atoms. The number of aryl methyl sites for hydroxylation is 1. The van der Waals surface area contributed by atoms with Gasteiger partial charge in [0, 0.05) is 25.6 Å². The van der Waals surface area contributed by atoms with Crippen molar-refractivity contribution in [2.45, 2.75) is 26.3 Å².